The van der Waals surface area contributed by atoms with Crippen molar-refractivity contribution in [2.75, 3.05) is 11.1 Å². The molecule has 3 N–H and O–H groups in total. The van der Waals surface area contributed by atoms with Gasteiger partial charge in [0, 0.05) is 12.1 Å². The zero-order valence-corrected chi connectivity index (χ0v) is 11.2. The van der Waals surface area contributed by atoms with Crippen molar-refractivity contribution in [1.82, 2.24) is 0 Å². The Kier molecular flexibility index (Phi) is 4.48. The zero-order chi connectivity index (χ0) is 13.0. The van der Waals surface area contributed by atoms with E-state index in [0.717, 1.165) is 12.3 Å². The third-order valence-electron chi connectivity index (χ3n) is 3.54. The van der Waals surface area contributed by atoms with Gasteiger partial charge >= 0.3 is 0 Å². The highest BCUT2D eigenvalue weighted by atomic mass is 35.5. The van der Waals surface area contributed by atoms with Gasteiger partial charge in [-0.2, -0.15) is 0 Å². The molecule has 1 aromatic rings. The Balaban J connectivity index is 1.80. The van der Waals surface area contributed by atoms with Crippen LogP contribution < -0.4 is 11.1 Å². The van der Waals surface area contributed by atoms with E-state index in [9.17, 15) is 4.79 Å². The molecule has 0 heterocycles. The smallest absolute Gasteiger partial charge is 0.224 e. The topological polar surface area (TPSA) is 55.1 Å². The van der Waals surface area contributed by atoms with Crippen molar-refractivity contribution >= 4 is 28.9 Å². The second kappa shape index (κ2) is 6.10. The van der Waals surface area contributed by atoms with Gasteiger partial charge in [0.2, 0.25) is 5.91 Å². The highest BCUT2D eigenvalue weighted by molar-refractivity contribution is 6.33. The van der Waals surface area contributed by atoms with Gasteiger partial charge in [0.25, 0.3) is 0 Å². The number of anilines is 2. The van der Waals surface area contributed by atoms with Crippen LogP contribution in [0.5, 0.6) is 0 Å². The average Bonchev–Trinajstić information content (AvgIpc) is 2.84. The van der Waals surface area contributed by atoms with Crippen molar-refractivity contribution in [2.45, 2.75) is 38.5 Å². The normalized spacial score (nSPS) is 15.8. The standard InChI is InChI=1S/C14H19ClN2O/c15-12-9-11(6-7-13(12)16)17-14(18)8-5-10-3-1-2-4-10/h6-7,9-10H,1-5,8,16H2,(H,17,18). The molecule has 0 unspecified atom stereocenters. The minimum absolute atomic E-state index is 0.0581. The molecular weight excluding hydrogens is 248 g/mol. The van der Waals surface area contributed by atoms with Gasteiger partial charge in [0.05, 0.1) is 10.7 Å². The number of carbonyl (C=O) groups excluding carboxylic acids is 1. The van der Waals surface area contributed by atoms with Crippen molar-refractivity contribution in [2.24, 2.45) is 5.92 Å². The molecule has 0 atom stereocenters. The molecular formula is C14H19ClN2O. The molecule has 18 heavy (non-hydrogen) atoms. The van der Waals surface area contributed by atoms with Crippen LogP contribution in [-0.4, -0.2) is 5.91 Å². The van der Waals surface area contributed by atoms with Crippen LogP contribution in [0.25, 0.3) is 0 Å². The summed E-state index contributed by atoms with van der Waals surface area (Å²) in [6, 6.07) is 5.16. The maximum atomic E-state index is 11.8. The number of nitrogens with one attached hydrogen (secondary N) is 1. The Morgan fingerprint density at radius 3 is 2.78 bits per heavy atom. The Labute approximate surface area is 113 Å². The molecule has 0 radical (unpaired) electrons. The summed E-state index contributed by atoms with van der Waals surface area (Å²) < 4.78 is 0. The molecule has 2 rings (SSSR count). The van der Waals surface area contributed by atoms with E-state index in [0.29, 0.717) is 22.8 Å². The number of carbonyl (C=O) groups is 1. The van der Waals surface area contributed by atoms with E-state index in [1.54, 1.807) is 18.2 Å². The zero-order valence-electron chi connectivity index (χ0n) is 10.4. The van der Waals surface area contributed by atoms with Crippen LogP contribution in [0.2, 0.25) is 5.02 Å². The number of amides is 1. The maximum absolute atomic E-state index is 11.8. The molecule has 0 spiro atoms. The summed E-state index contributed by atoms with van der Waals surface area (Å²) in [6.07, 6.45) is 6.78. The van der Waals surface area contributed by atoms with Gasteiger partial charge < -0.3 is 11.1 Å². The molecule has 0 aromatic heterocycles. The second-order valence-electron chi connectivity index (χ2n) is 4.97. The van der Waals surface area contributed by atoms with E-state index in [1.165, 1.54) is 25.7 Å². The molecule has 1 fully saturated rings. The first-order valence-electron chi connectivity index (χ1n) is 6.50. The van der Waals surface area contributed by atoms with Gasteiger partial charge in [0.15, 0.2) is 0 Å². The van der Waals surface area contributed by atoms with Gasteiger partial charge in [-0.05, 0) is 30.5 Å². The van der Waals surface area contributed by atoms with Gasteiger partial charge in [-0.3, -0.25) is 4.79 Å². The van der Waals surface area contributed by atoms with Gasteiger partial charge in [-0.15, -0.1) is 0 Å². The first kappa shape index (κ1) is 13.2. The summed E-state index contributed by atoms with van der Waals surface area (Å²) in [5, 5.41) is 3.33. The predicted octanol–water partition coefficient (Wildman–Crippen LogP) is 3.83. The van der Waals surface area contributed by atoms with E-state index in [1.807, 2.05) is 0 Å². The molecule has 0 bridgehead atoms. The van der Waals surface area contributed by atoms with Crippen LogP contribution in [0.1, 0.15) is 38.5 Å². The van der Waals surface area contributed by atoms with Crippen LogP contribution in [0.3, 0.4) is 0 Å². The largest absolute Gasteiger partial charge is 0.398 e. The van der Waals surface area contributed by atoms with Crippen molar-refractivity contribution < 1.29 is 4.79 Å². The van der Waals surface area contributed by atoms with Crippen molar-refractivity contribution in [3.05, 3.63) is 23.2 Å². The van der Waals surface area contributed by atoms with E-state index >= 15 is 0 Å². The number of benzene rings is 1. The van der Waals surface area contributed by atoms with Crippen LogP contribution in [-0.2, 0) is 4.79 Å². The third kappa shape index (κ3) is 3.64. The molecule has 1 aromatic carbocycles. The molecule has 1 aliphatic rings. The summed E-state index contributed by atoms with van der Waals surface area (Å²) in [6.45, 7) is 0. The van der Waals surface area contributed by atoms with Crippen molar-refractivity contribution in [3.8, 4) is 0 Å². The number of halogens is 1. The minimum atomic E-state index is 0.0581. The van der Waals surface area contributed by atoms with Gasteiger partial charge in [0.1, 0.15) is 0 Å². The van der Waals surface area contributed by atoms with E-state index in [4.69, 9.17) is 17.3 Å². The Bertz CT molecular complexity index is 428. The quantitative estimate of drug-likeness (QED) is 0.814. The Morgan fingerprint density at radius 2 is 2.11 bits per heavy atom. The molecule has 1 aliphatic carbocycles. The van der Waals surface area contributed by atoms with Crippen molar-refractivity contribution in [3.63, 3.8) is 0 Å². The fraction of sp³-hybridized carbons (Fsp3) is 0.500. The third-order valence-corrected chi connectivity index (χ3v) is 3.87. The monoisotopic (exact) mass is 266 g/mol. The lowest BCUT2D eigenvalue weighted by Gasteiger charge is -2.09. The summed E-state index contributed by atoms with van der Waals surface area (Å²) in [7, 11) is 0. The Hall–Kier alpha value is -1.22. The summed E-state index contributed by atoms with van der Waals surface area (Å²) in [4.78, 5) is 11.8. The fourth-order valence-corrected chi connectivity index (χ4v) is 2.64. The predicted molar refractivity (Wildman–Crippen MR) is 75.7 cm³/mol. The van der Waals surface area contributed by atoms with E-state index in [2.05, 4.69) is 5.32 Å². The summed E-state index contributed by atoms with van der Waals surface area (Å²) in [5.74, 6) is 0.800. The highest BCUT2D eigenvalue weighted by Gasteiger charge is 2.16. The Morgan fingerprint density at radius 1 is 1.39 bits per heavy atom. The first-order valence-corrected chi connectivity index (χ1v) is 6.88. The molecule has 1 amide bonds. The number of nitrogen functional groups attached to an aromatic ring is 1. The molecule has 98 valence electrons. The van der Waals surface area contributed by atoms with Crippen LogP contribution in [0, 0.1) is 5.92 Å². The van der Waals surface area contributed by atoms with Crippen molar-refractivity contribution in [1.29, 1.82) is 0 Å². The van der Waals surface area contributed by atoms with Gasteiger partial charge in [-0.25, -0.2) is 0 Å². The SMILES string of the molecule is Nc1ccc(NC(=O)CCC2CCCC2)cc1Cl. The number of nitrogens with two attached hydrogens (primary N) is 1. The van der Waals surface area contributed by atoms with Crippen LogP contribution in [0.4, 0.5) is 11.4 Å². The number of rotatable bonds is 4. The molecule has 1 saturated carbocycles. The van der Waals surface area contributed by atoms with Gasteiger partial charge in [-0.1, -0.05) is 37.3 Å². The lowest BCUT2D eigenvalue weighted by atomic mass is 10.0. The molecule has 4 heteroatoms. The molecule has 3 nitrogen and oxygen atoms in total. The van der Waals surface area contributed by atoms with Crippen LogP contribution in [0.15, 0.2) is 18.2 Å². The number of hydrogen-bond donors (Lipinski definition) is 2. The molecule has 0 saturated heterocycles. The summed E-state index contributed by atoms with van der Waals surface area (Å²) in [5.41, 5.74) is 6.86. The van der Waals surface area contributed by atoms with E-state index in [-0.39, 0.29) is 5.91 Å². The van der Waals surface area contributed by atoms with Crippen LogP contribution >= 0.6 is 11.6 Å². The first-order chi connectivity index (χ1) is 8.65. The highest BCUT2D eigenvalue weighted by Crippen LogP contribution is 2.28. The number of hydrogen-bond acceptors (Lipinski definition) is 2. The average molecular weight is 267 g/mol. The molecule has 0 aliphatic heterocycles. The second-order valence-corrected chi connectivity index (χ2v) is 5.38. The lowest BCUT2D eigenvalue weighted by Crippen LogP contribution is -2.12. The maximum Gasteiger partial charge on any atom is 0.224 e. The lowest BCUT2D eigenvalue weighted by molar-refractivity contribution is -0.116. The summed E-state index contributed by atoms with van der Waals surface area (Å²) >= 11 is 5.90. The minimum Gasteiger partial charge on any atom is -0.398 e. The fourth-order valence-electron chi connectivity index (χ4n) is 2.46. The van der Waals surface area contributed by atoms with E-state index < -0.39 is 0 Å².